The molecule has 0 amide bonds. The summed E-state index contributed by atoms with van der Waals surface area (Å²) in [5.41, 5.74) is 3.47. The van der Waals surface area contributed by atoms with E-state index >= 15 is 0 Å². The molecule has 0 aliphatic heterocycles. The number of aldehydes is 1. The van der Waals surface area contributed by atoms with Gasteiger partial charge in [-0.3, -0.25) is 14.8 Å². The fraction of sp³-hybridized carbons (Fsp3) is 0.250. The molecule has 1 saturated carbocycles. The van der Waals surface area contributed by atoms with Crippen LogP contribution in [0.5, 0.6) is 0 Å². The number of pyridine rings is 2. The highest BCUT2D eigenvalue weighted by atomic mass is 16.1. The molecule has 0 unspecified atom stereocenters. The molecule has 3 aromatic heterocycles. The van der Waals surface area contributed by atoms with Gasteiger partial charge in [0.15, 0.2) is 5.82 Å². The summed E-state index contributed by atoms with van der Waals surface area (Å²) in [6, 6.07) is 12.4. The van der Waals surface area contributed by atoms with Gasteiger partial charge in [-0.15, -0.1) is 0 Å². The van der Waals surface area contributed by atoms with Crippen LogP contribution in [-0.4, -0.2) is 32.1 Å². The van der Waals surface area contributed by atoms with Crippen LogP contribution in [-0.2, 0) is 16.6 Å². The average molecular weight is 397 g/mol. The normalized spacial score (nSPS) is 17.5. The molecule has 5 rings (SSSR count). The molecule has 0 atom stereocenters. The first-order chi connectivity index (χ1) is 14.8. The van der Waals surface area contributed by atoms with Gasteiger partial charge in [-0.25, -0.2) is 4.68 Å². The summed E-state index contributed by atoms with van der Waals surface area (Å²) in [5, 5.41) is 8.35. The van der Waals surface area contributed by atoms with Crippen molar-refractivity contribution < 1.29 is 4.79 Å². The lowest BCUT2D eigenvalue weighted by atomic mass is 9.72. The number of fused-ring (bicyclic) bond motifs is 1. The number of nitrogens with zero attached hydrogens (tertiary/aromatic N) is 4. The summed E-state index contributed by atoms with van der Waals surface area (Å²) >= 11 is 0. The van der Waals surface area contributed by atoms with Gasteiger partial charge in [0.1, 0.15) is 6.29 Å². The van der Waals surface area contributed by atoms with Crippen LogP contribution < -0.4 is 5.32 Å². The molecule has 3 aromatic rings. The lowest BCUT2D eigenvalue weighted by Gasteiger charge is -2.33. The molecule has 6 nitrogen and oxygen atoms in total. The van der Waals surface area contributed by atoms with E-state index in [1.54, 1.807) is 6.20 Å². The number of nitrogens with one attached hydrogen (secondary N) is 1. The maximum atomic E-state index is 11.0. The fourth-order valence-corrected chi connectivity index (χ4v) is 4.21. The van der Waals surface area contributed by atoms with Crippen molar-refractivity contribution in [2.24, 2.45) is 0 Å². The van der Waals surface area contributed by atoms with Crippen LogP contribution in [0.4, 0.5) is 5.82 Å². The molecule has 1 N–H and O–H groups in total. The van der Waals surface area contributed by atoms with E-state index in [1.807, 2.05) is 53.5 Å². The van der Waals surface area contributed by atoms with Gasteiger partial charge >= 0.3 is 0 Å². The fourth-order valence-electron chi connectivity index (χ4n) is 4.21. The van der Waals surface area contributed by atoms with Crippen LogP contribution in [0.1, 0.15) is 41.9 Å². The van der Waals surface area contributed by atoms with Crippen molar-refractivity contribution in [3.63, 3.8) is 0 Å². The largest absolute Gasteiger partial charge is 0.365 e. The number of aromatic nitrogens is 4. The Hall–Kier alpha value is -3.54. The topological polar surface area (TPSA) is 72.7 Å². The molecule has 0 spiro atoms. The van der Waals surface area contributed by atoms with Crippen molar-refractivity contribution in [1.29, 1.82) is 0 Å². The molecular weight excluding hydrogens is 374 g/mol. The van der Waals surface area contributed by atoms with Crippen LogP contribution in [0.25, 0.3) is 12.3 Å². The third kappa shape index (κ3) is 3.14. The second-order valence-electron chi connectivity index (χ2n) is 7.81. The molecule has 2 aliphatic carbocycles. The Morgan fingerprint density at radius 3 is 2.37 bits per heavy atom. The van der Waals surface area contributed by atoms with Crippen molar-refractivity contribution in [2.75, 3.05) is 5.32 Å². The highest BCUT2D eigenvalue weighted by molar-refractivity contribution is 5.74. The first kappa shape index (κ1) is 18.5. The van der Waals surface area contributed by atoms with E-state index in [1.165, 1.54) is 25.3 Å². The van der Waals surface area contributed by atoms with E-state index in [0.29, 0.717) is 12.5 Å². The molecule has 0 bridgehead atoms. The Morgan fingerprint density at radius 2 is 1.80 bits per heavy atom. The third-order valence-electron chi connectivity index (χ3n) is 6.03. The quantitative estimate of drug-likeness (QED) is 0.505. The lowest BCUT2D eigenvalue weighted by molar-refractivity contribution is -0.104. The number of hydrogen-bond acceptors (Lipinski definition) is 5. The zero-order valence-corrected chi connectivity index (χ0v) is 16.6. The summed E-state index contributed by atoms with van der Waals surface area (Å²) in [6.07, 6.45) is 16.2. The molecule has 6 heteroatoms. The number of hydrogen-bond donors (Lipinski definition) is 1. The summed E-state index contributed by atoms with van der Waals surface area (Å²) < 4.78 is 1.81. The number of allylic oxidation sites excluding steroid dienone is 2. The standard InChI is InChI=1S/C24H23N5O/c30-16-6-15-29-20-17-24(21-9-1-3-13-25-21,22-10-2-4-14-26-22)12-11-19(20)23(28-29)27-18-7-5-8-18/h1-4,6,9-16,18H,5,7-8,17H2,(H,27,28). The van der Waals surface area contributed by atoms with Crippen LogP contribution in [0, 0.1) is 0 Å². The molecule has 0 aromatic carbocycles. The Labute approximate surface area is 175 Å². The van der Waals surface area contributed by atoms with Gasteiger partial charge in [-0.2, -0.15) is 5.10 Å². The number of carbonyl (C=O) groups is 1. The smallest absolute Gasteiger partial charge is 0.156 e. The lowest BCUT2D eigenvalue weighted by Crippen LogP contribution is -2.33. The summed E-state index contributed by atoms with van der Waals surface area (Å²) in [5.74, 6) is 0.872. The average Bonchev–Trinajstić information content (AvgIpc) is 3.12. The van der Waals surface area contributed by atoms with E-state index in [2.05, 4.69) is 27.4 Å². The van der Waals surface area contributed by atoms with Gasteiger partial charge in [0.25, 0.3) is 0 Å². The second kappa shape index (κ2) is 7.71. The van der Waals surface area contributed by atoms with Gasteiger partial charge in [-0.1, -0.05) is 24.3 Å². The monoisotopic (exact) mass is 397 g/mol. The molecular formula is C24H23N5O. The maximum absolute atomic E-state index is 11.0. The molecule has 0 saturated heterocycles. The Balaban J connectivity index is 1.64. The zero-order valence-electron chi connectivity index (χ0n) is 16.6. The van der Waals surface area contributed by atoms with Crippen molar-refractivity contribution in [2.45, 2.75) is 37.1 Å². The van der Waals surface area contributed by atoms with E-state index < -0.39 is 5.41 Å². The van der Waals surface area contributed by atoms with Crippen LogP contribution in [0.2, 0.25) is 0 Å². The van der Waals surface area contributed by atoms with Gasteiger partial charge in [0, 0.05) is 36.6 Å². The highest BCUT2D eigenvalue weighted by Gasteiger charge is 2.40. The molecule has 1 fully saturated rings. The van der Waals surface area contributed by atoms with Gasteiger partial charge in [-0.05, 0) is 49.6 Å². The SMILES string of the molecule is O=CC=Cn1nc(NC2CCC2)c2c1CC(c1ccccn1)(c1ccccn1)C=C2. The Kier molecular flexibility index (Phi) is 4.75. The van der Waals surface area contributed by atoms with Crippen LogP contribution in [0.3, 0.4) is 0 Å². The second-order valence-corrected chi connectivity index (χ2v) is 7.81. The predicted octanol–water partition coefficient (Wildman–Crippen LogP) is 3.86. The van der Waals surface area contributed by atoms with Crippen molar-refractivity contribution in [3.05, 3.63) is 83.6 Å². The predicted molar refractivity (Wildman–Crippen MR) is 117 cm³/mol. The van der Waals surface area contributed by atoms with Crippen molar-refractivity contribution in [1.82, 2.24) is 19.7 Å². The van der Waals surface area contributed by atoms with Gasteiger partial charge in [0.2, 0.25) is 0 Å². The molecule has 150 valence electrons. The Bertz CT molecular complexity index is 1060. The van der Waals surface area contributed by atoms with Crippen LogP contribution >= 0.6 is 0 Å². The van der Waals surface area contributed by atoms with Crippen LogP contribution in [0.15, 0.2) is 60.9 Å². The third-order valence-corrected chi connectivity index (χ3v) is 6.03. The summed E-state index contributed by atoms with van der Waals surface area (Å²) in [7, 11) is 0. The number of carbonyl (C=O) groups excluding carboxylic acids is 1. The maximum Gasteiger partial charge on any atom is 0.156 e. The number of rotatable bonds is 6. The van der Waals surface area contributed by atoms with Crippen molar-refractivity contribution >= 4 is 24.4 Å². The number of anilines is 1. The molecule has 30 heavy (non-hydrogen) atoms. The minimum absolute atomic E-state index is 0.471. The van der Waals surface area contributed by atoms with E-state index in [9.17, 15) is 4.79 Å². The molecule has 0 radical (unpaired) electrons. The van der Waals surface area contributed by atoms with E-state index in [0.717, 1.165) is 34.7 Å². The van der Waals surface area contributed by atoms with E-state index in [4.69, 9.17) is 5.10 Å². The Morgan fingerprint density at radius 1 is 1.07 bits per heavy atom. The summed E-state index contributed by atoms with van der Waals surface area (Å²) in [6.45, 7) is 0. The first-order valence-electron chi connectivity index (χ1n) is 10.3. The minimum atomic E-state index is -0.504. The molecule has 3 heterocycles. The minimum Gasteiger partial charge on any atom is -0.365 e. The van der Waals surface area contributed by atoms with Gasteiger partial charge in [0.05, 0.1) is 22.5 Å². The zero-order chi connectivity index (χ0) is 20.4. The van der Waals surface area contributed by atoms with Gasteiger partial charge < -0.3 is 5.32 Å². The molecule has 2 aliphatic rings. The highest BCUT2D eigenvalue weighted by Crippen LogP contribution is 2.42. The first-order valence-corrected chi connectivity index (χ1v) is 10.3. The van der Waals surface area contributed by atoms with E-state index in [-0.39, 0.29) is 0 Å². The van der Waals surface area contributed by atoms with Crippen molar-refractivity contribution in [3.8, 4) is 0 Å². The summed E-state index contributed by atoms with van der Waals surface area (Å²) in [4.78, 5) is 20.3.